The Morgan fingerprint density at radius 1 is 1.29 bits per heavy atom. The molecule has 78 valence electrons. The molecule has 2 nitrogen and oxygen atoms in total. The molecule has 0 aliphatic carbocycles. The van der Waals surface area contributed by atoms with Crippen molar-refractivity contribution in [3.8, 4) is 0 Å². The second-order valence-corrected chi connectivity index (χ2v) is 3.49. The molecule has 7 heteroatoms. The van der Waals surface area contributed by atoms with Gasteiger partial charge in [0.25, 0.3) is 0 Å². The van der Waals surface area contributed by atoms with Crippen molar-refractivity contribution in [2.45, 2.75) is 18.9 Å². The molecule has 1 rings (SSSR count). The Hall–Kier alpha value is 1.41. The summed E-state index contributed by atoms with van der Waals surface area (Å²) in [5, 5.41) is 0. The number of hydrogen-bond donors (Lipinski definition) is 0. The number of halogens is 3. The normalized spacial score (nSPS) is 19.5. The van der Waals surface area contributed by atoms with Gasteiger partial charge in [0.05, 0.1) is 0 Å². The van der Waals surface area contributed by atoms with E-state index in [0.29, 0.717) is 26.1 Å². The maximum atomic E-state index is 12.1. The summed E-state index contributed by atoms with van der Waals surface area (Å²) in [5.74, 6) is 0. The second kappa shape index (κ2) is 6.88. The summed E-state index contributed by atoms with van der Waals surface area (Å²) in [6.07, 6.45) is 0.663. The third-order valence-corrected chi connectivity index (χ3v) is 2.31. The molecule has 0 aromatic rings. The van der Waals surface area contributed by atoms with Crippen LogP contribution in [-0.2, 0) is 4.74 Å². The fourth-order valence-electron chi connectivity index (χ4n) is 1.60. The van der Waals surface area contributed by atoms with Gasteiger partial charge in [0.1, 0.15) is 0 Å². The number of hydrogen-bond acceptors (Lipinski definition) is 2. The van der Waals surface area contributed by atoms with Crippen LogP contribution in [0, 0.1) is 0 Å². The Balaban J connectivity index is 0.00000169. The Morgan fingerprint density at radius 2 is 1.79 bits per heavy atom. The quantitative estimate of drug-likeness (QED) is 0.551. The summed E-state index contributed by atoms with van der Waals surface area (Å²) >= 11 is 0. The third kappa shape index (κ3) is 6.09. The monoisotopic (exact) mass is 235 g/mol. The molecule has 0 unspecified atom stereocenters. The Bertz CT molecular complexity index is 164. The van der Waals surface area contributed by atoms with Crippen molar-refractivity contribution >= 4 is 6.98 Å². The first-order valence-electron chi connectivity index (χ1n) is 4.48. The summed E-state index contributed by atoms with van der Waals surface area (Å²) < 4.78 is 41.2. The van der Waals surface area contributed by atoms with E-state index in [1.165, 1.54) is 11.9 Å². The molecular weight excluding hydrogens is 221 g/mol. The molecular formula is C7H14BF3KNO. The van der Waals surface area contributed by atoms with Gasteiger partial charge in [0.15, 0.2) is 0 Å². The maximum Gasteiger partial charge on any atom is 1.00 e. The number of rotatable bonds is 3. The smallest absolute Gasteiger partial charge is 0.448 e. The van der Waals surface area contributed by atoms with E-state index in [9.17, 15) is 12.9 Å². The van der Waals surface area contributed by atoms with Crippen molar-refractivity contribution in [2.24, 2.45) is 0 Å². The average molecular weight is 235 g/mol. The molecule has 0 amide bonds. The van der Waals surface area contributed by atoms with Crippen molar-refractivity contribution in [1.82, 2.24) is 4.90 Å². The van der Waals surface area contributed by atoms with Crippen LogP contribution < -0.4 is 51.4 Å². The van der Waals surface area contributed by atoms with E-state index in [-0.39, 0.29) is 57.4 Å². The molecule has 1 aliphatic heterocycles. The minimum Gasteiger partial charge on any atom is -0.448 e. The molecule has 0 aromatic heterocycles. The first-order chi connectivity index (χ1) is 5.99. The van der Waals surface area contributed by atoms with Gasteiger partial charge in [-0.05, 0) is 26.3 Å². The van der Waals surface area contributed by atoms with Crippen LogP contribution in [0.1, 0.15) is 12.8 Å². The largest absolute Gasteiger partial charge is 1.00 e. The van der Waals surface area contributed by atoms with Crippen LogP contribution in [0.3, 0.4) is 0 Å². The average Bonchev–Trinajstić information content (AvgIpc) is 2.03. The molecule has 0 saturated carbocycles. The van der Waals surface area contributed by atoms with Gasteiger partial charge in [0, 0.05) is 19.3 Å². The zero-order chi connectivity index (χ0) is 9.90. The molecule has 0 aromatic carbocycles. The van der Waals surface area contributed by atoms with Gasteiger partial charge in [-0.15, -0.1) is 0 Å². The molecule has 1 aliphatic rings. The van der Waals surface area contributed by atoms with E-state index in [4.69, 9.17) is 4.74 Å². The zero-order valence-electron chi connectivity index (χ0n) is 8.68. The van der Waals surface area contributed by atoms with Gasteiger partial charge < -0.3 is 22.6 Å². The van der Waals surface area contributed by atoms with Gasteiger partial charge in [-0.25, -0.2) is 0 Å². The molecule has 1 heterocycles. The number of nitrogens with zero attached hydrogens (tertiary/aromatic N) is 1. The first-order valence-corrected chi connectivity index (χ1v) is 4.48. The molecule has 0 spiro atoms. The van der Waals surface area contributed by atoms with Crippen molar-refractivity contribution in [1.29, 1.82) is 0 Å². The second-order valence-electron chi connectivity index (χ2n) is 3.49. The van der Waals surface area contributed by atoms with E-state index in [0.717, 1.165) is 0 Å². The fourth-order valence-corrected chi connectivity index (χ4v) is 1.60. The third-order valence-electron chi connectivity index (χ3n) is 2.31. The summed E-state index contributed by atoms with van der Waals surface area (Å²) in [6.45, 7) is -3.52. The van der Waals surface area contributed by atoms with Crippen molar-refractivity contribution in [3.05, 3.63) is 0 Å². The summed E-state index contributed by atoms with van der Waals surface area (Å²) in [5.41, 5.74) is 0. The molecule has 0 atom stereocenters. The van der Waals surface area contributed by atoms with Gasteiger partial charge in [-0.1, -0.05) is 0 Å². The Morgan fingerprint density at radius 3 is 2.21 bits per heavy atom. The van der Waals surface area contributed by atoms with Gasteiger partial charge in [-0.3, -0.25) is 0 Å². The maximum absolute atomic E-state index is 12.1. The van der Waals surface area contributed by atoms with Crippen LogP contribution in [0.4, 0.5) is 12.9 Å². The fraction of sp³-hybridized carbons (Fsp3) is 1.00. The minimum absolute atomic E-state index is 0. The van der Waals surface area contributed by atoms with Crippen LogP contribution in [-0.4, -0.2) is 44.6 Å². The number of ether oxygens (including phenoxy) is 1. The summed E-state index contributed by atoms with van der Waals surface area (Å²) in [6, 6.07) is 0.0391. The van der Waals surface area contributed by atoms with Crippen LogP contribution in [0.5, 0.6) is 0 Å². The Kier molecular flexibility index (Phi) is 7.57. The minimum atomic E-state index is -4.69. The van der Waals surface area contributed by atoms with Crippen LogP contribution in [0.15, 0.2) is 0 Å². The molecule has 0 bridgehead atoms. The van der Waals surface area contributed by atoms with Crippen LogP contribution in [0.2, 0.25) is 0 Å². The van der Waals surface area contributed by atoms with Crippen molar-refractivity contribution in [3.63, 3.8) is 0 Å². The molecule has 1 fully saturated rings. The first kappa shape index (κ1) is 15.4. The van der Waals surface area contributed by atoms with Crippen LogP contribution >= 0.6 is 0 Å². The van der Waals surface area contributed by atoms with E-state index < -0.39 is 13.4 Å². The molecule has 14 heavy (non-hydrogen) atoms. The van der Waals surface area contributed by atoms with E-state index in [1.807, 2.05) is 0 Å². The molecule has 1 saturated heterocycles. The van der Waals surface area contributed by atoms with E-state index in [1.54, 1.807) is 0 Å². The topological polar surface area (TPSA) is 12.5 Å². The summed E-state index contributed by atoms with van der Waals surface area (Å²) in [7, 11) is 1.53. The van der Waals surface area contributed by atoms with E-state index in [2.05, 4.69) is 0 Å². The van der Waals surface area contributed by atoms with Crippen molar-refractivity contribution in [2.75, 3.05) is 26.7 Å². The van der Waals surface area contributed by atoms with Gasteiger partial charge in [0.2, 0.25) is 0 Å². The SMILES string of the molecule is CN(C[B-](F)(F)F)C1CCOCC1.[K+]. The Labute approximate surface area is 125 Å². The predicted octanol–water partition coefficient (Wildman–Crippen LogP) is -1.51. The predicted molar refractivity (Wildman–Crippen MR) is 45.5 cm³/mol. The standard InChI is InChI=1S/C7H14BF3NO.K/c1-12(6-8(9,10)11)7-2-4-13-5-3-7;/h7H,2-6H2,1H3;/q-1;+1. The molecule has 0 N–H and O–H groups in total. The summed E-state index contributed by atoms with van der Waals surface area (Å²) in [4.78, 5) is 1.39. The zero-order valence-corrected chi connectivity index (χ0v) is 11.8. The van der Waals surface area contributed by atoms with E-state index >= 15 is 0 Å². The molecule has 0 radical (unpaired) electrons. The van der Waals surface area contributed by atoms with Crippen molar-refractivity contribution < 1.29 is 69.1 Å². The van der Waals surface area contributed by atoms with Crippen LogP contribution in [0.25, 0.3) is 0 Å². The van der Waals surface area contributed by atoms with Gasteiger partial charge in [-0.2, -0.15) is 0 Å². The van der Waals surface area contributed by atoms with Gasteiger partial charge >= 0.3 is 58.4 Å².